The van der Waals surface area contributed by atoms with E-state index in [1.165, 1.54) is 22.3 Å². The fraction of sp³-hybridized carbons (Fsp3) is 0.308. The summed E-state index contributed by atoms with van der Waals surface area (Å²) < 4.78 is 5.80. The summed E-state index contributed by atoms with van der Waals surface area (Å²) in [5.74, 6) is 1.39. The Morgan fingerprint density at radius 2 is 1.97 bits per heavy atom. The minimum atomic E-state index is -0.304. The van der Waals surface area contributed by atoms with E-state index in [1.54, 1.807) is 36.4 Å². The lowest BCUT2D eigenvalue weighted by Gasteiger charge is -2.33. The molecule has 1 N–H and O–H groups in total. The molecule has 1 aliphatic carbocycles. The van der Waals surface area contributed by atoms with Crippen molar-refractivity contribution >= 4 is 51.5 Å². The highest BCUT2D eigenvalue weighted by Crippen LogP contribution is 2.44. The minimum absolute atomic E-state index is 0.221. The predicted octanol–water partition coefficient (Wildman–Crippen LogP) is 7.99. The molecular weight excluding hydrogens is 475 g/mol. The van der Waals surface area contributed by atoms with Crippen LogP contribution >= 0.6 is 34.5 Å². The number of halogens is 2. The quantitative estimate of drug-likeness (QED) is 0.370. The number of amides is 1. The molecule has 4 rings (SSSR count). The Bertz CT molecular complexity index is 1250. The molecule has 170 valence electrons. The lowest BCUT2D eigenvalue weighted by molar-refractivity contribution is -0.111. The van der Waals surface area contributed by atoms with Gasteiger partial charge in [0.25, 0.3) is 0 Å². The van der Waals surface area contributed by atoms with Crippen LogP contribution in [0.1, 0.15) is 49.0 Å². The monoisotopic (exact) mass is 498 g/mol. The summed E-state index contributed by atoms with van der Waals surface area (Å²) in [6, 6.07) is 11.0. The Morgan fingerprint density at radius 3 is 2.64 bits per heavy atom. The maximum absolute atomic E-state index is 12.6. The number of rotatable bonds is 4. The molecule has 0 fully saturated rings. The molecule has 1 amide bonds. The Kier molecular flexibility index (Phi) is 6.72. The molecule has 7 heteroatoms. The van der Waals surface area contributed by atoms with Crippen LogP contribution in [0.15, 0.2) is 40.8 Å². The zero-order valence-corrected chi connectivity index (χ0v) is 21.0. The van der Waals surface area contributed by atoms with Crippen LogP contribution in [0, 0.1) is 22.7 Å². The fourth-order valence-electron chi connectivity index (χ4n) is 4.14. The van der Waals surface area contributed by atoms with E-state index in [0.717, 1.165) is 30.4 Å². The van der Waals surface area contributed by atoms with Crippen LogP contribution in [0.25, 0.3) is 17.4 Å². The maximum Gasteiger partial charge on any atom is 0.249 e. The Balaban J connectivity index is 1.47. The molecule has 1 atom stereocenters. The standard InChI is InChI=1S/C26H24Cl2N2O2S/c1-26(2,3)16-4-7-20-21(14-29)25(33-23(20)12-16)30-24(31)9-6-19-5-8-22(32-19)15-10-17(27)13-18(28)11-15/h5-6,8-11,13,16H,4,7,12H2,1-3H3,(H,30,31)/b9-6+/t16-/m1/s1. The lowest BCUT2D eigenvalue weighted by Crippen LogP contribution is -2.26. The number of nitrogens with zero attached hydrogens (tertiary/aromatic N) is 1. The van der Waals surface area contributed by atoms with Gasteiger partial charge in [-0.15, -0.1) is 11.3 Å². The first kappa shape index (κ1) is 23.6. The molecule has 0 bridgehead atoms. The highest BCUT2D eigenvalue weighted by molar-refractivity contribution is 7.16. The molecule has 0 aliphatic heterocycles. The van der Waals surface area contributed by atoms with E-state index < -0.39 is 0 Å². The van der Waals surface area contributed by atoms with Gasteiger partial charge in [0, 0.05) is 26.6 Å². The average molecular weight is 499 g/mol. The number of thiophene rings is 1. The number of fused-ring (bicyclic) bond motifs is 1. The second-order valence-electron chi connectivity index (χ2n) is 9.31. The van der Waals surface area contributed by atoms with Gasteiger partial charge < -0.3 is 9.73 Å². The van der Waals surface area contributed by atoms with Crippen LogP contribution in [-0.4, -0.2) is 5.91 Å². The van der Waals surface area contributed by atoms with E-state index in [1.807, 2.05) is 0 Å². The van der Waals surface area contributed by atoms with E-state index in [-0.39, 0.29) is 11.3 Å². The summed E-state index contributed by atoms with van der Waals surface area (Å²) in [6.45, 7) is 6.78. The summed E-state index contributed by atoms with van der Waals surface area (Å²) in [5.41, 5.74) is 2.67. The lowest BCUT2D eigenvalue weighted by atomic mass is 9.72. The molecule has 1 aromatic carbocycles. The van der Waals surface area contributed by atoms with Gasteiger partial charge in [-0.25, -0.2) is 0 Å². The Labute approximate surface area is 207 Å². The zero-order valence-electron chi connectivity index (χ0n) is 18.7. The molecule has 2 heterocycles. The van der Waals surface area contributed by atoms with E-state index in [9.17, 15) is 10.1 Å². The van der Waals surface area contributed by atoms with Crippen molar-refractivity contribution in [2.75, 3.05) is 5.32 Å². The van der Waals surface area contributed by atoms with Gasteiger partial charge in [-0.1, -0.05) is 44.0 Å². The van der Waals surface area contributed by atoms with Gasteiger partial charge >= 0.3 is 0 Å². The van der Waals surface area contributed by atoms with Crippen LogP contribution < -0.4 is 5.32 Å². The third kappa shape index (κ3) is 5.35. The average Bonchev–Trinajstić information content (AvgIpc) is 3.34. The number of carbonyl (C=O) groups excluding carboxylic acids is 1. The van der Waals surface area contributed by atoms with Crippen LogP contribution in [-0.2, 0) is 17.6 Å². The predicted molar refractivity (Wildman–Crippen MR) is 136 cm³/mol. The van der Waals surface area contributed by atoms with Crippen molar-refractivity contribution in [3.05, 3.63) is 68.2 Å². The highest BCUT2D eigenvalue weighted by atomic mass is 35.5. The van der Waals surface area contributed by atoms with E-state index >= 15 is 0 Å². The first-order valence-corrected chi connectivity index (χ1v) is 12.3. The number of anilines is 1. The number of nitriles is 1. The second kappa shape index (κ2) is 9.38. The third-order valence-electron chi connectivity index (χ3n) is 6.01. The summed E-state index contributed by atoms with van der Waals surface area (Å²) >= 11 is 13.7. The van der Waals surface area contributed by atoms with E-state index in [4.69, 9.17) is 27.6 Å². The number of hydrogen-bond donors (Lipinski definition) is 1. The number of benzene rings is 1. The zero-order chi connectivity index (χ0) is 23.8. The second-order valence-corrected chi connectivity index (χ2v) is 11.3. The van der Waals surface area contributed by atoms with Gasteiger partial charge in [0.05, 0.1) is 5.56 Å². The Hall–Kier alpha value is -2.52. The van der Waals surface area contributed by atoms with Crippen LogP contribution in [0.5, 0.6) is 0 Å². The van der Waals surface area contributed by atoms with E-state index in [0.29, 0.717) is 38.0 Å². The van der Waals surface area contributed by atoms with Crippen molar-refractivity contribution < 1.29 is 9.21 Å². The minimum Gasteiger partial charge on any atom is -0.457 e. The smallest absolute Gasteiger partial charge is 0.249 e. The fourth-order valence-corrected chi connectivity index (χ4v) is 5.94. The largest absolute Gasteiger partial charge is 0.457 e. The molecule has 0 unspecified atom stereocenters. The van der Waals surface area contributed by atoms with Crippen molar-refractivity contribution in [1.29, 1.82) is 5.26 Å². The Morgan fingerprint density at radius 1 is 1.24 bits per heavy atom. The molecule has 0 saturated carbocycles. The van der Waals surface area contributed by atoms with Gasteiger partial charge in [0.1, 0.15) is 22.6 Å². The number of nitrogens with one attached hydrogen (secondary N) is 1. The van der Waals surface area contributed by atoms with E-state index in [2.05, 4.69) is 32.2 Å². The molecule has 2 aromatic heterocycles. The van der Waals surface area contributed by atoms with Crippen LogP contribution in [0.4, 0.5) is 5.00 Å². The number of carbonyl (C=O) groups is 1. The van der Waals surface area contributed by atoms with Gasteiger partial charge in [0.2, 0.25) is 5.91 Å². The first-order chi connectivity index (χ1) is 15.6. The molecular formula is C26H24Cl2N2O2S. The number of furan rings is 1. The molecule has 33 heavy (non-hydrogen) atoms. The van der Waals surface area contributed by atoms with Gasteiger partial charge in [-0.3, -0.25) is 4.79 Å². The summed E-state index contributed by atoms with van der Waals surface area (Å²) in [7, 11) is 0. The van der Waals surface area contributed by atoms with Crippen molar-refractivity contribution in [2.45, 2.75) is 40.0 Å². The van der Waals surface area contributed by atoms with Gasteiger partial charge in [-0.05, 0) is 72.6 Å². The highest BCUT2D eigenvalue weighted by Gasteiger charge is 2.32. The summed E-state index contributed by atoms with van der Waals surface area (Å²) in [4.78, 5) is 13.8. The normalized spacial score (nSPS) is 15.9. The van der Waals surface area contributed by atoms with Crippen molar-refractivity contribution in [1.82, 2.24) is 0 Å². The molecule has 0 saturated heterocycles. The van der Waals surface area contributed by atoms with Crippen LogP contribution in [0.2, 0.25) is 10.0 Å². The van der Waals surface area contributed by atoms with Gasteiger partial charge in [0.15, 0.2) is 0 Å². The van der Waals surface area contributed by atoms with Crippen LogP contribution in [0.3, 0.4) is 0 Å². The summed E-state index contributed by atoms with van der Waals surface area (Å²) in [5, 5.41) is 14.3. The molecule has 0 radical (unpaired) electrons. The first-order valence-electron chi connectivity index (χ1n) is 10.7. The molecule has 1 aliphatic rings. The molecule has 0 spiro atoms. The number of hydrogen-bond acceptors (Lipinski definition) is 4. The molecule has 3 aromatic rings. The van der Waals surface area contributed by atoms with Crippen molar-refractivity contribution in [3.8, 4) is 17.4 Å². The topological polar surface area (TPSA) is 66.0 Å². The third-order valence-corrected chi connectivity index (χ3v) is 7.62. The molecule has 4 nitrogen and oxygen atoms in total. The van der Waals surface area contributed by atoms with Crippen molar-refractivity contribution in [2.24, 2.45) is 11.3 Å². The summed E-state index contributed by atoms with van der Waals surface area (Å²) in [6.07, 6.45) is 5.90. The van der Waals surface area contributed by atoms with Crippen molar-refractivity contribution in [3.63, 3.8) is 0 Å². The van der Waals surface area contributed by atoms with Gasteiger partial charge in [-0.2, -0.15) is 5.26 Å². The SMILES string of the molecule is CC(C)(C)[C@@H]1CCc2c(sc(NC(=O)/C=C/c3ccc(-c4cc(Cl)cc(Cl)c4)o3)c2C#N)C1. The maximum atomic E-state index is 12.6.